The first-order chi connectivity index (χ1) is 7.83. The second-order valence-electron chi connectivity index (χ2n) is 3.21. The number of rotatable bonds is 3. The summed E-state index contributed by atoms with van der Waals surface area (Å²) in [6, 6.07) is 3.88. The zero-order valence-corrected chi connectivity index (χ0v) is 9.69. The maximum absolute atomic E-state index is 13.2. The van der Waals surface area contributed by atoms with Crippen LogP contribution in [0.3, 0.4) is 0 Å². The molecule has 0 bridgehead atoms. The van der Waals surface area contributed by atoms with Gasteiger partial charge in [-0.3, -0.25) is 0 Å². The molecule has 1 aromatic rings. The average molecular weight is 285 g/mol. The lowest BCUT2D eigenvalue weighted by atomic mass is 10.1. The van der Waals surface area contributed by atoms with Crippen molar-refractivity contribution in [2.24, 2.45) is 5.73 Å². The highest BCUT2D eigenvalue weighted by Crippen LogP contribution is 2.27. The van der Waals surface area contributed by atoms with E-state index in [4.69, 9.17) is 11.0 Å². The molecule has 8 heteroatoms. The fraction of sp³-hybridized carbons (Fsp3) is 0.300. The smallest absolute Gasteiger partial charge is 0.403 e. The number of halogens is 5. The van der Waals surface area contributed by atoms with Crippen LogP contribution >= 0.6 is 12.4 Å². The fourth-order valence-corrected chi connectivity index (χ4v) is 1.17. The van der Waals surface area contributed by atoms with Gasteiger partial charge in [-0.25, -0.2) is 4.39 Å². The lowest BCUT2D eigenvalue weighted by Crippen LogP contribution is -2.18. The van der Waals surface area contributed by atoms with Gasteiger partial charge in [0.1, 0.15) is 0 Å². The van der Waals surface area contributed by atoms with E-state index in [2.05, 4.69) is 4.74 Å². The summed E-state index contributed by atoms with van der Waals surface area (Å²) >= 11 is 0. The van der Waals surface area contributed by atoms with Crippen LogP contribution < -0.4 is 10.5 Å². The Bertz CT molecular complexity index is 444. The Balaban J connectivity index is 0.00000289. The second kappa shape index (κ2) is 6.42. The minimum Gasteiger partial charge on any atom is -0.403 e. The third-order valence-corrected chi connectivity index (χ3v) is 1.92. The molecule has 2 N–H and O–H groups in total. The molecule has 0 amide bonds. The molecule has 0 saturated carbocycles. The Kier molecular flexibility index (Phi) is 5.88. The first-order valence-corrected chi connectivity index (χ1v) is 4.51. The Hall–Kier alpha value is -1.52. The van der Waals surface area contributed by atoms with Crippen molar-refractivity contribution in [1.29, 1.82) is 5.26 Å². The van der Waals surface area contributed by atoms with Crippen LogP contribution in [0.25, 0.3) is 0 Å². The lowest BCUT2D eigenvalue weighted by molar-refractivity contribution is -0.275. The molecule has 0 aliphatic heterocycles. The zero-order valence-electron chi connectivity index (χ0n) is 8.87. The molecule has 0 spiro atoms. The van der Waals surface area contributed by atoms with E-state index < -0.39 is 24.0 Å². The molecule has 0 heterocycles. The van der Waals surface area contributed by atoms with Crippen molar-refractivity contribution < 1.29 is 22.3 Å². The predicted molar refractivity (Wildman–Crippen MR) is 57.5 cm³/mol. The first-order valence-electron chi connectivity index (χ1n) is 4.51. The number of nitrogens with two attached hydrogens (primary N) is 1. The molecule has 0 fully saturated rings. The van der Waals surface area contributed by atoms with Gasteiger partial charge in [0.25, 0.3) is 0 Å². The van der Waals surface area contributed by atoms with Crippen LogP contribution in [0.2, 0.25) is 0 Å². The number of nitrogens with zero attached hydrogens (tertiary/aromatic N) is 1. The van der Waals surface area contributed by atoms with E-state index >= 15 is 0 Å². The van der Waals surface area contributed by atoms with Gasteiger partial charge < -0.3 is 10.5 Å². The highest BCUT2D eigenvalue weighted by atomic mass is 35.5. The number of hydrogen-bond donors (Lipinski definition) is 1. The number of alkyl halides is 3. The molecule has 0 radical (unpaired) electrons. The van der Waals surface area contributed by atoms with E-state index in [-0.39, 0.29) is 24.4 Å². The summed E-state index contributed by atoms with van der Waals surface area (Å²) < 4.78 is 52.2. The largest absolute Gasteiger partial charge is 0.573 e. The standard InChI is InChI=1S/C10H8F4N2O.ClH/c11-7-5-6(8(16)3-4-15)1-2-9(7)17-10(12,13)14;/h1-2,5,8H,3,16H2;1H/t8-;/m1./s1. The highest BCUT2D eigenvalue weighted by Gasteiger charge is 2.32. The molecule has 18 heavy (non-hydrogen) atoms. The molecule has 1 atom stereocenters. The summed E-state index contributed by atoms with van der Waals surface area (Å²) in [7, 11) is 0. The maximum Gasteiger partial charge on any atom is 0.573 e. The van der Waals surface area contributed by atoms with Crippen LogP contribution in [0.5, 0.6) is 5.75 Å². The third kappa shape index (κ3) is 4.77. The van der Waals surface area contributed by atoms with Crippen molar-refractivity contribution in [2.45, 2.75) is 18.8 Å². The molecule has 100 valence electrons. The summed E-state index contributed by atoms with van der Waals surface area (Å²) in [6.45, 7) is 0. The summed E-state index contributed by atoms with van der Waals surface area (Å²) in [5.74, 6) is -2.10. The number of benzene rings is 1. The minimum absolute atomic E-state index is 0. The Morgan fingerprint density at radius 3 is 2.44 bits per heavy atom. The van der Waals surface area contributed by atoms with Gasteiger partial charge in [-0.15, -0.1) is 25.6 Å². The quantitative estimate of drug-likeness (QED) is 0.868. The SMILES string of the molecule is Cl.N#CC[C@@H](N)c1ccc(OC(F)(F)F)c(F)c1. The Morgan fingerprint density at radius 2 is 2.00 bits per heavy atom. The van der Waals surface area contributed by atoms with Crippen LogP contribution in [0.4, 0.5) is 17.6 Å². The topological polar surface area (TPSA) is 59.0 Å². The molecule has 1 aromatic carbocycles. The minimum atomic E-state index is -4.95. The molecular weight excluding hydrogens is 276 g/mol. The van der Waals surface area contributed by atoms with E-state index in [9.17, 15) is 17.6 Å². The summed E-state index contributed by atoms with van der Waals surface area (Å²) in [5, 5.41) is 8.38. The van der Waals surface area contributed by atoms with Gasteiger partial charge >= 0.3 is 6.36 Å². The average Bonchev–Trinajstić information content (AvgIpc) is 2.19. The lowest BCUT2D eigenvalue weighted by Gasteiger charge is -2.12. The fourth-order valence-electron chi connectivity index (χ4n) is 1.17. The van der Waals surface area contributed by atoms with Gasteiger partial charge in [0, 0.05) is 6.04 Å². The van der Waals surface area contributed by atoms with Gasteiger partial charge in [0.05, 0.1) is 12.5 Å². The second-order valence-corrected chi connectivity index (χ2v) is 3.21. The molecule has 0 aliphatic rings. The third-order valence-electron chi connectivity index (χ3n) is 1.92. The van der Waals surface area contributed by atoms with Gasteiger partial charge in [-0.2, -0.15) is 5.26 Å². The maximum atomic E-state index is 13.2. The van der Waals surface area contributed by atoms with Crippen molar-refractivity contribution in [3.8, 4) is 11.8 Å². The Labute approximate surface area is 107 Å². The van der Waals surface area contributed by atoms with Crippen molar-refractivity contribution in [2.75, 3.05) is 0 Å². The van der Waals surface area contributed by atoms with Gasteiger partial charge in [0.15, 0.2) is 11.6 Å². The van der Waals surface area contributed by atoms with Crippen molar-refractivity contribution in [3.63, 3.8) is 0 Å². The van der Waals surface area contributed by atoms with Crippen LogP contribution in [-0.4, -0.2) is 6.36 Å². The summed E-state index contributed by atoms with van der Waals surface area (Å²) in [5.41, 5.74) is 5.73. The first kappa shape index (κ1) is 16.5. The van der Waals surface area contributed by atoms with E-state index in [0.717, 1.165) is 12.1 Å². The number of hydrogen-bond acceptors (Lipinski definition) is 3. The van der Waals surface area contributed by atoms with E-state index in [0.29, 0.717) is 0 Å². The van der Waals surface area contributed by atoms with Crippen molar-refractivity contribution in [3.05, 3.63) is 29.6 Å². The monoisotopic (exact) mass is 284 g/mol. The van der Waals surface area contributed by atoms with Crippen molar-refractivity contribution in [1.82, 2.24) is 0 Å². The Morgan fingerprint density at radius 1 is 1.39 bits per heavy atom. The van der Waals surface area contributed by atoms with Gasteiger partial charge in [-0.05, 0) is 17.7 Å². The van der Waals surface area contributed by atoms with Crippen molar-refractivity contribution >= 4 is 12.4 Å². The number of ether oxygens (including phenoxy) is 1. The van der Waals surface area contributed by atoms with Gasteiger partial charge in [-0.1, -0.05) is 6.07 Å². The predicted octanol–water partition coefficient (Wildman–Crippen LogP) is 3.06. The molecule has 0 saturated heterocycles. The van der Waals surface area contributed by atoms with E-state index in [1.165, 1.54) is 6.07 Å². The molecule has 0 aromatic heterocycles. The van der Waals surface area contributed by atoms with Crippen LogP contribution in [0.15, 0.2) is 18.2 Å². The molecule has 1 rings (SSSR count). The van der Waals surface area contributed by atoms with Crippen LogP contribution in [0.1, 0.15) is 18.0 Å². The zero-order chi connectivity index (χ0) is 13.1. The van der Waals surface area contributed by atoms with Crippen LogP contribution in [-0.2, 0) is 0 Å². The molecule has 0 unspecified atom stereocenters. The molecular formula is C10H9ClF4N2O. The number of nitriles is 1. The normalized spacial score (nSPS) is 12.2. The summed E-state index contributed by atoms with van der Waals surface area (Å²) in [4.78, 5) is 0. The molecule has 3 nitrogen and oxygen atoms in total. The highest BCUT2D eigenvalue weighted by molar-refractivity contribution is 5.85. The van der Waals surface area contributed by atoms with E-state index in [1.54, 1.807) is 6.07 Å². The summed E-state index contributed by atoms with van der Waals surface area (Å²) in [6.07, 6.45) is -5.00. The molecule has 0 aliphatic carbocycles. The van der Waals surface area contributed by atoms with Gasteiger partial charge in [0.2, 0.25) is 0 Å². The van der Waals surface area contributed by atoms with E-state index in [1.807, 2.05) is 0 Å². The van der Waals surface area contributed by atoms with Crippen LogP contribution in [0, 0.1) is 17.1 Å².